The van der Waals surface area contributed by atoms with Gasteiger partial charge in [0.15, 0.2) is 0 Å². The lowest BCUT2D eigenvalue weighted by molar-refractivity contribution is 0.338. The van der Waals surface area contributed by atoms with Crippen molar-refractivity contribution in [1.29, 1.82) is 0 Å². The fourth-order valence-corrected chi connectivity index (χ4v) is 0.312. The van der Waals surface area contributed by atoms with Crippen LogP contribution in [0.4, 0.5) is 0 Å². The van der Waals surface area contributed by atoms with E-state index in [1.54, 1.807) is 0 Å². The predicted molar refractivity (Wildman–Crippen MR) is 32.9 cm³/mol. The molecule has 0 rings (SSSR count). The summed E-state index contributed by atoms with van der Waals surface area (Å²) >= 11 is 0. The normalized spacial score (nSPS) is 15.0. The zero-order chi connectivity index (χ0) is 5.86. The van der Waals surface area contributed by atoms with Crippen molar-refractivity contribution in [1.82, 2.24) is 4.90 Å². The van der Waals surface area contributed by atoms with Gasteiger partial charge in [-0.3, -0.25) is 0 Å². The molecule has 0 amide bonds. The minimum atomic E-state index is 0.625. The van der Waals surface area contributed by atoms with Crippen molar-refractivity contribution < 1.29 is 0 Å². The summed E-state index contributed by atoms with van der Waals surface area (Å²) in [6, 6.07) is 0.625. The van der Waals surface area contributed by atoms with Gasteiger partial charge in [-0.05, 0) is 20.4 Å². The first-order chi connectivity index (χ1) is 3.18. The Kier molecular flexibility index (Phi) is 3.01. The SMILES string of the molecule is [CH2]N(C)C(C)CC. The molecule has 0 aliphatic rings. The Balaban J connectivity index is 3.14. The molecule has 0 aliphatic heterocycles. The van der Waals surface area contributed by atoms with Crippen LogP contribution in [0.2, 0.25) is 0 Å². The van der Waals surface area contributed by atoms with Crippen LogP contribution in [-0.4, -0.2) is 18.0 Å². The van der Waals surface area contributed by atoms with E-state index in [0.717, 1.165) is 0 Å². The van der Waals surface area contributed by atoms with E-state index in [9.17, 15) is 0 Å². The van der Waals surface area contributed by atoms with Gasteiger partial charge in [-0.15, -0.1) is 0 Å². The summed E-state index contributed by atoms with van der Waals surface area (Å²) in [5, 5.41) is 0. The Morgan fingerprint density at radius 3 is 2.14 bits per heavy atom. The van der Waals surface area contributed by atoms with Crippen LogP contribution in [0, 0.1) is 7.05 Å². The Labute approximate surface area is 46.3 Å². The molecule has 1 unspecified atom stereocenters. The standard InChI is InChI=1S/C6H14N/c1-5-6(2)7(3)4/h6H,3,5H2,1-2,4H3. The number of hydrogen-bond acceptors (Lipinski definition) is 1. The molecule has 7 heavy (non-hydrogen) atoms. The molecule has 0 heterocycles. The topological polar surface area (TPSA) is 3.24 Å². The highest BCUT2D eigenvalue weighted by molar-refractivity contribution is 4.56. The molecule has 0 saturated carbocycles. The molecule has 0 fully saturated rings. The van der Waals surface area contributed by atoms with E-state index < -0.39 is 0 Å². The molecule has 0 aliphatic carbocycles. The second kappa shape index (κ2) is 3.03. The maximum atomic E-state index is 3.74. The van der Waals surface area contributed by atoms with Gasteiger partial charge in [0.1, 0.15) is 0 Å². The summed E-state index contributed by atoms with van der Waals surface area (Å²) in [4.78, 5) is 1.97. The van der Waals surface area contributed by atoms with Crippen molar-refractivity contribution in [3.05, 3.63) is 7.05 Å². The molecule has 1 nitrogen and oxygen atoms in total. The molecule has 0 spiro atoms. The Hall–Kier alpha value is -0.0400. The summed E-state index contributed by atoms with van der Waals surface area (Å²) in [6.07, 6.45) is 1.18. The first-order valence-electron chi connectivity index (χ1n) is 2.71. The van der Waals surface area contributed by atoms with Gasteiger partial charge in [-0.2, -0.15) is 0 Å². The Bertz CT molecular complexity index is 41.4. The van der Waals surface area contributed by atoms with Crippen molar-refractivity contribution >= 4 is 0 Å². The maximum Gasteiger partial charge on any atom is 0.0109 e. The second-order valence-corrected chi connectivity index (χ2v) is 2.01. The Morgan fingerprint density at radius 2 is 2.14 bits per heavy atom. The van der Waals surface area contributed by atoms with Gasteiger partial charge >= 0.3 is 0 Å². The van der Waals surface area contributed by atoms with E-state index in [1.165, 1.54) is 6.42 Å². The van der Waals surface area contributed by atoms with Crippen LogP contribution >= 0.6 is 0 Å². The zero-order valence-electron chi connectivity index (χ0n) is 5.44. The van der Waals surface area contributed by atoms with E-state index in [1.807, 2.05) is 11.9 Å². The van der Waals surface area contributed by atoms with Crippen LogP contribution < -0.4 is 0 Å². The van der Waals surface area contributed by atoms with Crippen LogP contribution in [0.15, 0.2) is 0 Å². The zero-order valence-corrected chi connectivity index (χ0v) is 5.44. The van der Waals surface area contributed by atoms with Gasteiger partial charge in [0.25, 0.3) is 0 Å². The number of nitrogens with zero attached hydrogens (tertiary/aromatic N) is 1. The molecule has 1 atom stereocenters. The van der Waals surface area contributed by atoms with E-state index >= 15 is 0 Å². The van der Waals surface area contributed by atoms with E-state index in [2.05, 4.69) is 20.9 Å². The molecule has 1 radical (unpaired) electrons. The van der Waals surface area contributed by atoms with Crippen molar-refractivity contribution in [3.8, 4) is 0 Å². The van der Waals surface area contributed by atoms with Gasteiger partial charge in [0.05, 0.1) is 0 Å². The molecular formula is C6H14N. The summed E-state index contributed by atoms with van der Waals surface area (Å²) in [5.74, 6) is 0. The molecule has 0 aromatic rings. The third-order valence-electron chi connectivity index (χ3n) is 1.34. The molecule has 0 aromatic heterocycles. The highest BCUT2D eigenvalue weighted by Gasteiger charge is 1.97. The van der Waals surface area contributed by atoms with Crippen LogP contribution in [0.1, 0.15) is 20.3 Å². The molecular weight excluding hydrogens is 86.1 g/mol. The quantitative estimate of drug-likeness (QED) is 0.508. The smallest absolute Gasteiger partial charge is 0.0109 e. The number of hydrogen-bond donors (Lipinski definition) is 0. The van der Waals surface area contributed by atoms with Gasteiger partial charge in [0.2, 0.25) is 0 Å². The molecule has 0 aromatic carbocycles. The van der Waals surface area contributed by atoms with Crippen LogP contribution in [0.5, 0.6) is 0 Å². The lowest BCUT2D eigenvalue weighted by Crippen LogP contribution is -2.20. The van der Waals surface area contributed by atoms with Crippen molar-refractivity contribution in [2.45, 2.75) is 26.3 Å². The average molecular weight is 100 g/mol. The lowest BCUT2D eigenvalue weighted by atomic mass is 10.2. The highest BCUT2D eigenvalue weighted by Crippen LogP contribution is 1.95. The maximum absolute atomic E-state index is 3.74. The Morgan fingerprint density at radius 1 is 1.71 bits per heavy atom. The van der Waals surface area contributed by atoms with Crippen molar-refractivity contribution in [2.24, 2.45) is 0 Å². The molecule has 0 N–H and O–H groups in total. The van der Waals surface area contributed by atoms with Crippen molar-refractivity contribution in [2.75, 3.05) is 7.05 Å². The minimum Gasteiger partial charge on any atom is -0.302 e. The van der Waals surface area contributed by atoms with Crippen molar-refractivity contribution in [3.63, 3.8) is 0 Å². The number of rotatable bonds is 2. The summed E-state index contributed by atoms with van der Waals surface area (Å²) in [5.41, 5.74) is 0. The minimum absolute atomic E-state index is 0.625. The second-order valence-electron chi connectivity index (χ2n) is 2.01. The first-order valence-corrected chi connectivity index (χ1v) is 2.71. The average Bonchev–Trinajstić information content (AvgIpc) is 1.65. The third-order valence-corrected chi connectivity index (χ3v) is 1.34. The van der Waals surface area contributed by atoms with Crippen LogP contribution in [0.3, 0.4) is 0 Å². The third kappa shape index (κ3) is 2.63. The summed E-state index contributed by atoms with van der Waals surface area (Å²) in [6.45, 7) is 4.32. The lowest BCUT2D eigenvalue weighted by Gasteiger charge is -2.16. The van der Waals surface area contributed by atoms with Gasteiger partial charge in [0, 0.05) is 13.1 Å². The summed E-state index contributed by atoms with van der Waals surface area (Å²) in [7, 11) is 5.74. The van der Waals surface area contributed by atoms with Gasteiger partial charge < -0.3 is 4.90 Å². The van der Waals surface area contributed by atoms with E-state index in [4.69, 9.17) is 0 Å². The molecule has 1 heteroatoms. The highest BCUT2D eigenvalue weighted by atomic mass is 15.1. The fraction of sp³-hybridized carbons (Fsp3) is 0.833. The molecule has 0 saturated heterocycles. The van der Waals surface area contributed by atoms with Crippen LogP contribution in [-0.2, 0) is 0 Å². The first kappa shape index (κ1) is 6.96. The van der Waals surface area contributed by atoms with Crippen LogP contribution in [0.25, 0.3) is 0 Å². The van der Waals surface area contributed by atoms with Gasteiger partial charge in [-0.1, -0.05) is 6.92 Å². The monoisotopic (exact) mass is 100 g/mol. The summed E-state index contributed by atoms with van der Waals surface area (Å²) < 4.78 is 0. The molecule has 43 valence electrons. The predicted octanol–water partition coefficient (Wildman–Crippen LogP) is 1.51. The largest absolute Gasteiger partial charge is 0.302 e. The fourth-order valence-electron chi connectivity index (χ4n) is 0.312. The van der Waals surface area contributed by atoms with Gasteiger partial charge in [-0.25, -0.2) is 0 Å². The molecule has 0 bridgehead atoms. The van der Waals surface area contributed by atoms with E-state index in [0.29, 0.717) is 6.04 Å². The van der Waals surface area contributed by atoms with E-state index in [-0.39, 0.29) is 0 Å².